The van der Waals surface area contributed by atoms with Crippen molar-refractivity contribution in [3.8, 4) is 0 Å². The van der Waals surface area contributed by atoms with Crippen molar-refractivity contribution in [2.24, 2.45) is 5.92 Å². The Morgan fingerprint density at radius 3 is 2.84 bits per heavy atom. The van der Waals surface area contributed by atoms with Gasteiger partial charge in [-0.2, -0.15) is 0 Å². The van der Waals surface area contributed by atoms with Crippen LogP contribution in [0.2, 0.25) is 0 Å². The first kappa shape index (κ1) is 12.0. The predicted octanol–water partition coefficient (Wildman–Crippen LogP) is 3.36. The quantitative estimate of drug-likeness (QED) is 0.786. The Balaban J connectivity index is 2.28. The fraction of sp³-hybridized carbons (Fsp3) is 0.222. The highest BCUT2D eigenvalue weighted by Crippen LogP contribution is 2.22. The lowest BCUT2D eigenvalue weighted by Crippen LogP contribution is -2.26. The summed E-state index contributed by atoms with van der Waals surface area (Å²) in [7, 11) is 0. The summed E-state index contributed by atoms with van der Waals surface area (Å²) >= 11 is 0. The number of nitrogens with one attached hydrogen (secondary N) is 1. The molecule has 1 aromatic carbocycles. The molecule has 0 saturated carbocycles. The summed E-state index contributed by atoms with van der Waals surface area (Å²) in [6, 6.07) is 6.48. The monoisotopic (exact) mass is 249 g/mol. The minimum atomic E-state index is 0.616. The largest absolute Gasteiger partial charge is 0.355 e. The van der Waals surface area contributed by atoms with Gasteiger partial charge in [-0.15, -0.1) is 0 Å². The molecule has 3 rings (SSSR count). The molecule has 1 aromatic heterocycles. The van der Waals surface area contributed by atoms with Crippen LogP contribution in [0.15, 0.2) is 36.9 Å². The molecule has 96 valence electrons. The van der Waals surface area contributed by atoms with Crippen molar-refractivity contribution >= 4 is 28.6 Å². The lowest BCUT2D eigenvalue weighted by molar-refractivity contribution is 0.798. The Morgan fingerprint density at radius 2 is 2.11 bits per heavy atom. The lowest BCUT2D eigenvalue weighted by Gasteiger charge is -2.06. The van der Waals surface area contributed by atoms with Crippen molar-refractivity contribution in [1.29, 1.82) is 0 Å². The second-order valence-electron chi connectivity index (χ2n) is 5.56. The van der Waals surface area contributed by atoms with Crippen molar-refractivity contribution in [3.63, 3.8) is 0 Å². The van der Waals surface area contributed by atoms with Crippen LogP contribution < -0.4 is 10.6 Å². The highest BCUT2D eigenvalue weighted by molar-refractivity contribution is 5.87. The molecule has 1 N–H and O–H groups in total. The first-order valence-corrected chi connectivity index (χ1v) is 6.75. The SMILES string of the molecule is C=C(C)C(=C)c1ccc2[nH]c3c(c2c1)=CCC(C)C=3. The summed E-state index contributed by atoms with van der Waals surface area (Å²) in [5.41, 5.74) is 4.40. The molecule has 1 atom stereocenters. The van der Waals surface area contributed by atoms with E-state index >= 15 is 0 Å². The van der Waals surface area contributed by atoms with Crippen molar-refractivity contribution in [2.45, 2.75) is 20.3 Å². The fourth-order valence-corrected chi connectivity index (χ4v) is 2.68. The van der Waals surface area contributed by atoms with Crippen LogP contribution in [0.4, 0.5) is 0 Å². The maximum atomic E-state index is 4.11. The normalized spacial score (nSPS) is 17.5. The van der Waals surface area contributed by atoms with E-state index in [1.165, 1.54) is 21.5 Å². The summed E-state index contributed by atoms with van der Waals surface area (Å²) in [6.45, 7) is 12.3. The molecular weight excluding hydrogens is 230 g/mol. The predicted molar refractivity (Wildman–Crippen MR) is 84.1 cm³/mol. The summed E-state index contributed by atoms with van der Waals surface area (Å²) in [6.07, 6.45) is 5.78. The van der Waals surface area contributed by atoms with Crippen molar-refractivity contribution < 1.29 is 0 Å². The van der Waals surface area contributed by atoms with Crippen molar-refractivity contribution in [3.05, 3.63) is 53.1 Å². The Kier molecular flexibility index (Phi) is 2.70. The summed E-state index contributed by atoms with van der Waals surface area (Å²) in [5.74, 6) is 0.616. The van der Waals surface area contributed by atoms with Gasteiger partial charge < -0.3 is 4.98 Å². The molecule has 0 saturated heterocycles. The topological polar surface area (TPSA) is 15.8 Å². The standard InChI is InChI=1S/C18H19N/c1-11(2)13(4)14-6-8-17-16(10-14)15-7-5-12(3)9-18(15)19-17/h6-10,12,19H,1,4-5H2,2-3H3. The average Bonchev–Trinajstić information content (AvgIpc) is 2.73. The van der Waals surface area contributed by atoms with E-state index in [9.17, 15) is 0 Å². The van der Waals surface area contributed by atoms with Crippen LogP contribution in [0, 0.1) is 5.92 Å². The van der Waals surface area contributed by atoms with E-state index in [2.05, 4.69) is 55.4 Å². The Bertz CT molecular complexity index is 802. The molecule has 0 radical (unpaired) electrons. The maximum Gasteiger partial charge on any atom is 0.0465 e. The molecule has 0 spiro atoms. The minimum absolute atomic E-state index is 0.616. The van der Waals surface area contributed by atoms with E-state index in [1.54, 1.807) is 0 Å². The number of hydrogen-bond donors (Lipinski definition) is 1. The zero-order valence-corrected chi connectivity index (χ0v) is 11.6. The van der Waals surface area contributed by atoms with Crippen LogP contribution in [-0.4, -0.2) is 4.98 Å². The minimum Gasteiger partial charge on any atom is -0.355 e. The van der Waals surface area contributed by atoms with Crippen LogP contribution in [0.5, 0.6) is 0 Å². The zero-order chi connectivity index (χ0) is 13.6. The third-order valence-electron chi connectivity index (χ3n) is 3.88. The van der Waals surface area contributed by atoms with Crippen LogP contribution >= 0.6 is 0 Å². The molecule has 19 heavy (non-hydrogen) atoms. The van der Waals surface area contributed by atoms with Crippen molar-refractivity contribution in [2.75, 3.05) is 0 Å². The second-order valence-corrected chi connectivity index (χ2v) is 5.56. The van der Waals surface area contributed by atoms with E-state index in [0.717, 1.165) is 23.1 Å². The maximum absolute atomic E-state index is 4.11. The average molecular weight is 249 g/mol. The number of fused-ring (bicyclic) bond motifs is 3. The van der Waals surface area contributed by atoms with Gasteiger partial charge in [0.15, 0.2) is 0 Å². The van der Waals surface area contributed by atoms with Crippen molar-refractivity contribution in [1.82, 2.24) is 4.98 Å². The molecule has 1 unspecified atom stereocenters. The molecule has 0 bridgehead atoms. The number of allylic oxidation sites excluding steroid dienone is 2. The Labute approximate surface area is 113 Å². The smallest absolute Gasteiger partial charge is 0.0465 e. The van der Waals surface area contributed by atoms with Gasteiger partial charge in [0.25, 0.3) is 0 Å². The van der Waals surface area contributed by atoms with Gasteiger partial charge in [-0.1, -0.05) is 43.9 Å². The van der Waals surface area contributed by atoms with E-state index < -0.39 is 0 Å². The number of aromatic amines is 1. The second kappa shape index (κ2) is 4.27. The molecule has 1 heteroatoms. The molecule has 0 fully saturated rings. The molecule has 1 nitrogen and oxygen atoms in total. The summed E-state index contributed by atoms with van der Waals surface area (Å²) in [5, 5.41) is 3.88. The van der Waals surface area contributed by atoms with Gasteiger partial charge in [-0.05, 0) is 42.5 Å². The number of benzene rings is 1. The van der Waals surface area contributed by atoms with Gasteiger partial charge in [0.2, 0.25) is 0 Å². The lowest BCUT2D eigenvalue weighted by atomic mass is 9.98. The van der Waals surface area contributed by atoms with E-state index in [1.807, 2.05) is 6.92 Å². The Morgan fingerprint density at radius 1 is 1.32 bits per heavy atom. The molecule has 1 aliphatic carbocycles. The fourth-order valence-electron chi connectivity index (χ4n) is 2.68. The van der Waals surface area contributed by atoms with Gasteiger partial charge in [-0.3, -0.25) is 0 Å². The molecule has 0 amide bonds. The molecule has 1 aliphatic rings. The van der Waals surface area contributed by atoms with Crippen LogP contribution in [-0.2, 0) is 0 Å². The van der Waals surface area contributed by atoms with Gasteiger partial charge in [0.1, 0.15) is 0 Å². The van der Waals surface area contributed by atoms with Gasteiger partial charge >= 0.3 is 0 Å². The van der Waals surface area contributed by atoms with Gasteiger partial charge in [0, 0.05) is 21.5 Å². The first-order chi connectivity index (χ1) is 9.06. The number of aromatic nitrogens is 1. The van der Waals surface area contributed by atoms with Crippen LogP contribution in [0.3, 0.4) is 0 Å². The van der Waals surface area contributed by atoms with E-state index in [4.69, 9.17) is 0 Å². The molecule has 0 aliphatic heterocycles. The van der Waals surface area contributed by atoms with E-state index in [0.29, 0.717) is 5.92 Å². The number of rotatable bonds is 2. The third-order valence-corrected chi connectivity index (χ3v) is 3.88. The Hall–Kier alpha value is -2.02. The first-order valence-electron chi connectivity index (χ1n) is 6.75. The van der Waals surface area contributed by atoms with E-state index in [-0.39, 0.29) is 0 Å². The van der Waals surface area contributed by atoms with Crippen LogP contribution in [0.1, 0.15) is 25.8 Å². The molecule has 2 aromatic rings. The highest BCUT2D eigenvalue weighted by Gasteiger charge is 2.08. The molecule has 1 heterocycles. The summed E-state index contributed by atoms with van der Waals surface area (Å²) in [4.78, 5) is 3.50. The number of H-pyrrole nitrogens is 1. The number of hydrogen-bond acceptors (Lipinski definition) is 0. The zero-order valence-electron chi connectivity index (χ0n) is 11.6. The molecular formula is C18H19N. The van der Waals surface area contributed by atoms with Gasteiger partial charge in [-0.25, -0.2) is 0 Å². The third kappa shape index (κ3) is 1.95. The van der Waals surface area contributed by atoms with Gasteiger partial charge in [0.05, 0.1) is 0 Å². The highest BCUT2D eigenvalue weighted by atomic mass is 14.7. The summed E-state index contributed by atoms with van der Waals surface area (Å²) < 4.78 is 0. The van der Waals surface area contributed by atoms with Crippen LogP contribution in [0.25, 0.3) is 28.6 Å².